The molecule has 100 valence electrons. The summed E-state index contributed by atoms with van der Waals surface area (Å²) in [5.41, 5.74) is 2.15. The molecule has 2 rings (SSSR count). The minimum absolute atomic E-state index is 0.144. The Labute approximate surface area is 120 Å². The first kappa shape index (κ1) is 14.1. The van der Waals surface area contributed by atoms with Gasteiger partial charge in [0, 0.05) is 11.8 Å². The van der Waals surface area contributed by atoms with Gasteiger partial charge in [-0.2, -0.15) is 0 Å². The molecular weight excluding hydrogens is 319 g/mol. The van der Waals surface area contributed by atoms with Crippen LogP contribution in [0, 0.1) is 6.92 Å². The quantitative estimate of drug-likeness (QED) is 0.773. The number of hydrogen-bond acceptors (Lipinski definition) is 3. The molecule has 0 atom stereocenters. The number of ether oxygens (including phenoxy) is 3. The number of alkyl halides is 1. The molecule has 1 fully saturated rings. The van der Waals surface area contributed by atoms with Crippen LogP contribution in [0.2, 0.25) is 5.02 Å². The van der Waals surface area contributed by atoms with Crippen molar-refractivity contribution in [3.8, 4) is 5.75 Å². The molecule has 1 saturated heterocycles. The Kier molecular flexibility index (Phi) is 5.30. The van der Waals surface area contributed by atoms with Gasteiger partial charge in [-0.15, -0.1) is 0 Å². The van der Waals surface area contributed by atoms with Crippen LogP contribution in [0.15, 0.2) is 12.1 Å². The van der Waals surface area contributed by atoms with Gasteiger partial charge in [-0.05, 0) is 24.1 Å². The molecule has 0 aromatic heterocycles. The molecule has 1 aromatic rings. The molecule has 0 unspecified atom stereocenters. The highest BCUT2D eigenvalue weighted by atomic mass is 79.9. The summed E-state index contributed by atoms with van der Waals surface area (Å²) in [5, 5.41) is 1.43. The average molecular weight is 336 g/mol. The maximum Gasteiger partial charge on any atom is 0.161 e. The lowest BCUT2D eigenvalue weighted by Gasteiger charge is -2.14. The summed E-state index contributed by atoms with van der Waals surface area (Å²) in [6.07, 6.45) is 0.578. The molecule has 0 N–H and O–H groups in total. The van der Waals surface area contributed by atoms with Crippen LogP contribution in [0.3, 0.4) is 0 Å². The van der Waals surface area contributed by atoms with E-state index in [2.05, 4.69) is 22.0 Å². The van der Waals surface area contributed by atoms with E-state index in [4.69, 9.17) is 25.8 Å². The Morgan fingerprint density at radius 1 is 1.39 bits per heavy atom. The Hall–Kier alpha value is -0.290. The third kappa shape index (κ3) is 3.60. The van der Waals surface area contributed by atoms with Crippen LogP contribution >= 0.6 is 27.5 Å². The minimum atomic E-state index is -0.144. The van der Waals surface area contributed by atoms with Crippen molar-refractivity contribution in [1.29, 1.82) is 0 Å². The summed E-state index contributed by atoms with van der Waals surface area (Å²) in [7, 11) is 0. The lowest BCUT2D eigenvalue weighted by Crippen LogP contribution is -2.11. The second-order valence-electron chi connectivity index (χ2n) is 4.14. The minimum Gasteiger partial charge on any atom is -0.491 e. The van der Waals surface area contributed by atoms with Gasteiger partial charge in [-0.25, -0.2) is 0 Å². The van der Waals surface area contributed by atoms with E-state index in [0.29, 0.717) is 24.8 Å². The summed E-state index contributed by atoms with van der Waals surface area (Å²) >= 11 is 9.56. The Morgan fingerprint density at radius 3 is 2.72 bits per heavy atom. The van der Waals surface area contributed by atoms with Crippen molar-refractivity contribution in [3.63, 3.8) is 0 Å². The van der Waals surface area contributed by atoms with E-state index in [1.165, 1.54) is 0 Å². The van der Waals surface area contributed by atoms with Gasteiger partial charge in [0.1, 0.15) is 5.75 Å². The number of hydrogen-bond donors (Lipinski definition) is 0. The summed E-state index contributed by atoms with van der Waals surface area (Å²) in [6.45, 7) is 3.94. The van der Waals surface area contributed by atoms with Crippen LogP contribution in [0.4, 0.5) is 0 Å². The van der Waals surface area contributed by atoms with Crippen molar-refractivity contribution >= 4 is 27.5 Å². The van der Waals surface area contributed by atoms with Crippen molar-refractivity contribution in [2.45, 2.75) is 19.6 Å². The van der Waals surface area contributed by atoms with Crippen LogP contribution < -0.4 is 4.74 Å². The fourth-order valence-electron chi connectivity index (χ4n) is 1.96. The maximum absolute atomic E-state index is 6.23. The van der Waals surface area contributed by atoms with E-state index in [1.54, 1.807) is 0 Å². The van der Waals surface area contributed by atoms with Crippen LogP contribution in [-0.2, 0) is 15.9 Å². The van der Waals surface area contributed by atoms with Crippen molar-refractivity contribution in [2.24, 2.45) is 0 Å². The van der Waals surface area contributed by atoms with Crippen molar-refractivity contribution < 1.29 is 14.2 Å². The first-order valence-electron chi connectivity index (χ1n) is 5.91. The average Bonchev–Trinajstić information content (AvgIpc) is 2.81. The smallest absolute Gasteiger partial charge is 0.161 e. The first-order chi connectivity index (χ1) is 8.70. The standard InChI is InChI=1S/C13H16BrClO3/c1-9-6-10(8-12-16-4-5-17-12)7-11(15)13(9)18-3-2-14/h6-7,12H,2-5,8H2,1H3. The van der Waals surface area contributed by atoms with Gasteiger partial charge in [0.25, 0.3) is 0 Å². The van der Waals surface area contributed by atoms with Gasteiger partial charge in [0.15, 0.2) is 6.29 Å². The zero-order chi connectivity index (χ0) is 13.0. The molecule has 0 amide bonds. The fourth-order valence-corrected chi connectivity index (χ4v) is 2.47. The van der Waals surface area contributed by atoms with E-state index in [-0.39, 0.29) is 6.29 Å². The summed E-state index contributed by atoms with van der Waals surface area (Å²) in [6, 6.07) is 3.99. The molecule has 1 aliphatic heterocycles. The SMILES string of the molecule is Cc1cc(CC2OCCO2)cc(Cl)c1OCCBr. The predicted octanol–water partition coefficient (Wildman–Crippen LogP) is 3.34. The van der Waals surface area contributed by atoms with Crippen molar-refractivity contribution in [3.05, 3.63) is 28.3 Å². The Morgan fingerprint density at radius 2 is 2.11 bits per heavy atom. The molecule has 1 aliphatic rings. The number of rotatable bonds is 5. The predicted molar refractivity (Wildman–Crippen MR) is 74.9 cm³/mol. The van der Waals surface area contributed by atoms with Gasteiger partial charge < -0.3 is 14.2 Å². The second kappa shape index (κ2) is 6.75. The van der Waals surface area contributed by atoms with Crippen molar-refractivity contribution in [2.75, 3.05) is 25.2 Å². The Bertz CT molecular complexity index is 382. The number of aryl methyl sites for hydroxylation is 1. The van der Waals surface area contributed by atoms with E-state index in [9.17, 15) is 0 Å². The monoisotopic (exact) mass is 334 g/mol. The maximum atomic E-state index is 6.23. The number of benzene rings is 1. The summed E-state index contributed by atoms with van der Waals surface area (Å²) in [4.78, 5) is 0. The molecule has 0 aliphatic carbocycles. The molecule has 18 heavy (non-hydrogen) atoms. The van der Waals surface area contributed by atoms with Gasteiger partial charge in [-0.3, -0.25) is 0 Å². The highest BCUT2D eigenvalue weighted by Gasteiger charge is 2.17. The molecular formula is C13H16BrClO3. The summed E-state index contributed by atoms with van der Waals surface area (Å²) < 4.78 is 16.5. The highest BCUT2D eigenvalue weighted by molar-refractivity contribution is 9.09. The van der Waals surface area contributed by atoms with Crippen LogP contribution in [0.5, 0.6) is 5.75 Å². The zero-order valence-electron chi connectivity index (χ0n) is 10.2. The third-order valence-electron chi connectivity index (χ3n) is 2.71. The van der Waals surface area contributed by atoms with E-state index < -0.39 is 0 Å². The Balaban J connectivity index is 2.08. The molecule has 3 nitrogen and oxygen atoms in total. The van der Waals surface area contributed by atoms with E-state index in [0.717, 1.165) is 28.6 Å². The number of halogens is 2. The van der Waals surface area contributed by atoms with E-state index in [1.807, 2.05) is 13.0 Å². The largest absolute Gasteiger partial charge is 0.491 e. The lowest BCUT2D eigenvalue weighted by molar-refractivity contribution is -0.0400. The van der Waals surface area contributed by atoms with Crippen LogP contribution in [-0.4, -0.2) is 31.4 Å². The van der Waals surface area contributed by atoms with E-state index >= 15 is 0 Å². The first-order valence-corrected chi connectivity index (χ1v) is 7.41. The van der Waals surface area contributed by atoms with Gasteiger partial charge in [0.05, 0.1) is 24.8 Å². The van der Waals surface area contributed by atoms with Gasteiger partial charge in [0.2, 0.25) is 0 Å². The van der Waals surface area contributed by atoms with Gasteiger partial charge in [-0.1, -0.05) is 33.6 Å². The molecule has 0 radical (unpaired) electrons. The van der Waals surface area contributed by atoms with Gasteiger partial charge >= 0.3 is 0 Å². The molecule has 0 bridgehead atoms. The fraction of sp³-hybridized carbons (Fsp3) is 0.538. The topological polar surface area (TPSA) is 27.7 Å². The molecule has 5 heteroatoms. The normalized spacial score (nSPS) is 16.2. The molecule has 0 spiro atoms. The third-order valence-corrected chi connectivity index (χ3v) is 3.31. The zero-order valence-corrected chi connectivity index (χ0v) is 12.6. The summed E-state index contributed by atoms with van der Waals surface area (Å²) in [5.74, 6) is 0.758. The highest BCUT2D eigenvalue weighted by Crippen LogP contribution is 2.31. The van der Waals surface area contributed by atoms with Crippen molar-refractivity contribution in [1.82, 2.24) is 0 Å². The second-order valence-corrected chi connectivity index (χ2v) is 5.34. The lowest BCUT2D eigenvalue weighted by atomic mass is 10.1. The molecule has 0 saturated carbocycles. The molecule has 1 aromatic carbocycles. The van der Waals surface area contributed by atoms with Crippen LogP contribution in [0.25, 0.3) is 0 Å². The van der Waals surface area contributed by atoms with Crippen LogP contribution in [0.1, 0.15) is 11.1 Å². The molecule has 1 heterocycles.